The molecule has 0 spiro atoms. The molecule has 1 aromatic carbocycles. The summed E-state index contributed by atoms with van der Waals surface area (Å²) in [4.78, 5) is 23.6. The Balaban J connectivity index is 2.80. The van der Waals surface area contributed by atoms with Crippen LogP contribution in [0.2, 0.25) is 0 Å². The topological polar surface area (TPSA) is 34.1 Å². The maximum Gasteiger partial charge on any atom is 0.171 e. The highest BCUT2D eigenvalue weighted by molar-refractivity contribution is 9.11. The number of rotatable bonds is 5. The average Bonchev–Trinajstić information content (AvgIpc) is 2.27. The Labute approximate surface area is 118 Å². The summed E-state index contributed by atoms with van der Waals surface area (Å²) in [5, 5.41) is 0. The summed E-state index contributed by atoms with van der Waals surface area (Å²) < 4.78 is 1.61. The Hall–Kier alpha value is -0.480. The lowest BCUT2D eigenvalue weighted by atomic mass is 9.97. The second-order valence-electron chi connectivity index (χ2n) is 4.00. The van der Waals surface area contributed by atoms with Crippen LogP contribution in [0.5, 0.6) is 0 Å². The van der Waals surface area contributed by atoms with Crippen molar-refractivity contribution in [1.29, 1.82) is 0 Å². The number of hydrogen-bond acceptors (Lipinski definition) is 2. The molecule has 0 aliphatic heterocycles. The minimum absolute atomic E-state index is 0.00678. The highest BCUT2D eigenvalue weighted by Gasteiger charge is 2.18. The summed E-state index contributed by atoms with van der Waals surface area (Å²) in [5.41, 5.74) is 0.560. The number of halogens is 2. The smallest absolute Gasteiger partial charge is 0.171 e. The van der Waals surface area contributed by atoms with Crippen molar-refractivity contribution in [3.63, 3.8) is 0 Å². The summed E-state index contributed by atoms with van der Waals surface area (Å²) in [7, 11) is 0. The molecule has 1 rings (SSSR count). The fraction of sp³-hybridized carbons (Fsp3) is 0.385. The van der Waals surface area contributed by atoms with E-state index in [-0.39, 0.29) is 23.9 Å². The van der Waals surface area contributed by atoms with E-state index in [9.17, 15) is 9.59 Å². The van der Waals surface area contributed by atoms with Gasteiger partial charge in [-0.15, -0.1) is 0 Å². The molecule has 0 amide bonds. The first-order valence-electron chi connectivity index (χ1n) is 5.46. The molecule has 0 aromatic heterocycles. The summed E-state index contributed by atoms with van der Waals surface area (Å²) in [6, 6.07) is 5.33. The van der Waals surface area contributed by atoms with Crippen molar-refractivity contribution < 1.29 is 9.59 Å². The molecule has 17 heavy (non-hydrogen) atoms. The van der Waals surface area contributed by atoms with Crippen LogP contribution in [0.15, 0.2) is 27.1 Å². The summed E-state index contributed by atoms with van der Waals surface area (Å²) in [5.74, 6) is -0.171. The average molecular weight is 362 g/mol. The van der Waals surface area contributed by atoms with Gasteiger partial charge in [0.25, 0.3) is 0 Å². The molecule has 1 aromatic rings. The second kappa shape index (κ2) is 6.45. The molecule has 0 radical (unpaired) electrons. The van der Waals surface area contributed by atoms with Gasteiger partial charge in [-0.1, -0.05) is 45.7 Å². The van der Waals surface area contributed by atoms with E-state index in [0.717, 1.165) is 10.9 Å². The number of ketones is 2. The molecule has 0 bridgehead atoms. The Morgan fingerprint density at radius 2 is 1.94 bits per heavy atom. The molecule has 1 atom stereocenters. The Morgan fingerprint density at radius 3 is 2.47 bits per heavy atom. The minimum atomic E-state index is -0.130. The van der Waals surface area contributed by atoms with Crippen LogP contribution in [-0.4, -0.2) is 11.6 Å². The van der Waals surface area contributed by atoms with Gasteiger partial charge in [-0.05, 0) is 24.6 Å². The van der Waals surface area contributed by atoms with Crippen LogP contribution in [0.3, 0.4) is 0 Å². The third-order valence-corrected chi connectivity index (χ3v) is 3.88. The first kappa shape index (κ1) is 14.6. The standard InChI is InChI=1S/C13H14Br2O2/c1-3-8(2)12(16)7-13(17)10-5-4-9(14)6-11(10)15/h4-6,8H,3,7H2,1-2H3. The van der Waals surface area contributed by atoms with E-state index in [4.69, 9.17) is 0 Å². The van der Waals surface area contributed by atoms with Crippen molar-refractivity contribution >= 4 is 43.4 Å². The second-order valence-corrected chi connectivity index (χ2v) is 5.77. The monoisotopic (exact) mass is 360 g/mol. The lowest BCUT2D eigenvalue weighted by Crippen LogP contribution is -2.15. The van der Waals surface area contributed by atoms with Crippen molar-refractivity contribution in [2.45, 2.75) is 26.7 Å². The van der Waals surface area contributed by atoms with Crippen molar-refractivity contribution in [3.05, 3.63) is 32.7 Å². The molecule has 2 nitrogen and oxygen atoms in total. The normalized spacial score (nSPS) is 12.2. The SMILES string of the molecule is CCC(C)C(=O)CC(=O)c1ccc(Br)cc1Br. The molecule has 0 aliphatic carbocycles. The maximum atomic E-state index is 11.9. The molecule has 0 fully saturated rings. The summed E-state index contributed by atoms with van der Waals surface area (Å²) in [6.45, 7) is 3.80. The van der Waals surface area contributed by atoms with E-state index >= 15 is 0 Å². The first-order chi connectivity index (χ1) is 7.95. The molecular weight excluding hydrogens is 348 g/mol. The zero-order valence-corrected chi connectivity index (χ0v) is 13.0. The van der Waals surface area contributed by atoms with Crippen molar-refractivity contribution in [1.82, 2.24) is 0 Å². The minimum Gasteiger partial charge on any atom is -0.299 e. The van der Waals surface area contributed by atoms with Crippen molar-refractivity contribution in [2.24, 2.45) is 5.92 Å². The molecule has 0 aliphatic rings. The molecule has 92 valence electrons. The van der Waals surface area contributed by atoms with Crippen LogP contribution in [0.4, 0.5) is 0 Å². The summed E-state index contributed by atoms with van der Waals surface area (Å²) >= 11 is 6.65. The van der Waals surface area contributed by atoms with Gasteiger partial charge in [0.2, 0.25) is 0 Å². The van der Waals surface area contributed by atoms with Crippen LogP contribution in [0.1, 0.15) is 37.0 Å². The van der Waals surface area contributed by atoms with E-state index < -0.39 is 0 Å². The Bertz CT molecular complexity index is 441. The van der Waals surface area contributed by atoms with Crippen LogP contribution in [-0.2, 0) is 4.79 Å². The molecular formula is C13H14Br2O2. The van der Waals surface area contributed by atoms with E-state index in [1.165, 1.54) is 0 Å². The van der Waals surface area contributed by atoms with Gasteiger partial charge in [-0.2, -0.15) is 0 Å². The van der Waals surface area contributed by atoms with Crippen LogP contribution < -0.4 is 0 Å². The molecule has 0 saturated heterocycles. The fourth-order valence-electron chi connectivity index (χ4n) is 1.37. The highest BCUT2D eigenvalue weighted by Crippen LogP contribution is 2.23. The number of Topliss-reactive ketones (excluding diaryl/α,β-unsaturated/α-hetero) is 2. The van der Waals surface area contributed by atoms with E-state index in [1.807, 2.05) is 13.8 Å². The predicted octanol–water partition coefficient (Wildman–Crippen LogP) is 4.40. The van der Waals surface area contributed by atoms with Gasteiger partial charge in [0, 0.05) is 20.4 Å². The van der Waals surface area contributed by atoms with Gasteiger partial charge in [-0.3, -0.25) is 9.59 Å². The van der Waals surface area contributed by atoms with Crippen LogP contribution in [0.25, 0.3) is 0 Å². The third-order valence-electron chi connectivity index (χ3n) is 2.73. The molecule has 1 unspecified atom stereocenters. The lowest BCUT2D eigenvalue weighted by molar-refractivity contribution is -0.121. The Morgan fingerprint density at radius 1 is 1.29 bits per heavy atom. The third kappa shape index (κ3) is 4.03. The highest BCUT2D eigenvalue weighted by atomic mass is 79.9. The first-order valence-corrected chi connectivity index (χ1v) is 7.05. The number of hydrogen-bond donors (Lipinski definition) is 0. The predicted molar refractivity (Wildman–Crippen MR) is 75.3 cm³/mol. The number of carbonyl (C=O) groups excluding carboxylic acids is 2. The van der Waals surface area contributed by atoms with Gasteiger partial charge >= 0.3 is 0 Å². The van der Waals surface area contributed by atoms with Gasteiger partial charge in [0.1, 0.15) is 5.78 Å². The fourth-order valence-corrected chi connectivity index (χ4v) is 2.64. The van der Waals surface area contributed by atoms with E-state index in [0.29, 0.717) is 10.0 Å². The molecule has 0 N–H and O–H groups in total. The van der Waals surface area contributed by atoms with Gasteiger partial charge in [0.15, 0.2) is 5.78 Å². The van der Waals surface area contributed by atoms with Gasteiger partial charge < -0.3 is 0 Å². The molecule has 0 saturated carbocycles. The quantitative estimate of drug-likeness (QED) is 0.575. The van der Waals surface area contributed by atoms with Gasteiger partial charge in [0.05, 0.1) is 6.42 Å². The maximum absolute atomic E-state index is 11.9. The van der Waals surface area contributed by atoms with Crippen LogP contribution in [0, 0.1) is 5.92 Å². The lowest BCUT2D eigenvalue weighted by Gasteiger charge is -2.07. The van der Waals surface area contributed by atoms with E-state index in [1.54, 1.807) is 18.2 Å². The zero-order chi connectivity index (χ0) is 13.0. The number of carbonyl (C=O) groups is 2. The number of benzene rings is 1. The molecule has 4 heteroatoms. The van der Waals surface area contributed by atoms with Crippen LogP contribution >= 0.6 is 31.9 Å². The van der Waals surface area contributed by atoms with Gasteiger partial charge in [-0.25, -0.2) is 0 Å². The summed E-state index contributed by atoms with van der Waals surface area (Å²) in [6.07, 6.45) is 0.753. The zero-order valence-electron chi connectivity index (χ0n) is 9.80. The van der Waals surface area contributed by atoms with Crippen molar-refractivity contribution in [3.8, 4) is 0 Å². The Kier molecular flexibility index (Phi) is 5.53. The largest absolute Gasteiger partial charge is 0.299 e. The van der Waals surface area contributed by atoms with E-state index in [2.05, 4.69) is 31.9 Å². The van der Waals surface area contributed by atoms with Crippen molar-refractivity contribution in [2.75, 3.05) is 0 Å². The molecule has 0 heterocycles.